The Kier molecular flexibility index (Phi) is 21.7. The van der Waals surface area contributed by atoms with E-state index in [-0.39, 0.29) is 59.6 Å². The van der Waals surface area contributed by atoms with Crippen molar-refractivity contribution in [1.82, 2.24) is 0 Å². The van der Waals surface area contributed by atoms with Crippen molar-refractivity contribution in [3.63, 3.8) is 0 Å². The third-order valence-corrected chi connectivity index (χ3v) is 3.95. The lowest BCUT2D eigenvalue weighted by Gasteiger charge is -2.26. The van der Waals surface area contributed by atoms with Crippen LogP contribution in [0.4, 0.5) is 26.3 Å². The largest absolute Gasteiger partial charge is 0.495 e. The molecule has 13 nitrogen and oxygen atoms in total. The summed E-state index contributed by atoms with van der Waals surface area (Å²) < 4.78 is 121. The predicted octanol–water partition coefficient (Wildman–Crippen LogP) is 0.0902. The summed E-state index contributed by atoms with van der Waals surface area (Å²) in [5, 5.41) is 37.2. The molecule has 0 saturated heterocycles. The van der Waals surface area contributed by atoms with Gasteiger partial charge in [0.05, 0.1) is 72.7 Å². The normalized spacial score (nSPS) is 15.2. The number of ether oxygens (including phenoxy) is 9. The van der Waals surface area contributed by atoms with E-state index in [4.69, 9.17) is 28.8 Å². The average molecular weight is 625 g/mol. The molecule has 0 aliphatic heterocycles. The highest BCUT2D eigenvalue weighted by molar-refractivity contribution is 4.63. The van der Waals surface area contributed by atoms with Gasteiger partial charge in [-0.1, -0.05) is 6.08 Å². The standard InChI is InChI=1S/C22H38F6O13/c1-2-4-36-16-39-13-19(32)11-37-10-17(30)9-34-6-7-35-14-20(23,24)40-22(27,28)41-21(25,26)15-38-12-18(31)8-33-5-3-29/h2,17-19,29-32H,1,3-16H2. The SMILES string of the molecule is C=CCOCOCC(O)COCC(O)COCCOCC(F)(F)OC(F)(F)OC(F)(F)COCC(O)COCCO. The Morgan fingerprint density at radius 3 is 1.56 bits per heavy atom. The van der Waals surface area contributed by atoms with Crippen molar-refractivity contribution in [2.75, 3.05) is 92.7 Å². The molecule has 4 N–H and O–H groups in total. The molecule has 0 aliphatic rings. The molecule has 0 fully saturated rings. The number of aliphatic hydroxyl groups is 4. The number of aliphatic hydroxyl groups excluding tert-OH is 4. The lowest BCUT2D eigenvalue weighted by molar-refractivity contribution is -0.518. The zero-order chi connectivity index (χ0) is 31.2. The monoisotopic (exact) mass is 624 g/mol. The van der Waals surface area contributed by atoms with Crippen LogP contribution in [0.5, 0.6) is 0 Å². The Morgan fingerprint density at radius 1 is 0.585 bits per heavy atom. The van der Waals surface area contributed by atoms with Crippen LogP contribution in [-0.2, 0) is 42.6 Å². The third-order valence-electron chi connectivity index (χ3n) is 3.95. The molecule has 0 aliphatic carbocycles. The van der Waals surface area contributed by atoms with Gasteiger partial charge in [0, 0.05) is 0 Å². The van der Waals surface area contributed by atoms with Crippen LogP contribution < -0.4 is 0 Å². The fourth-order valence-corrected chi connectivity index (χ4v) is 2.41. The summed E-state index contributed by atoms with van der Waals surface area (Å²) in [4.78, 5) is 0. The molecule has 0 radical (unpaired) electrons. The molecule has 19 heteroatoms. The van der Waals surface area contributed by atoms with Crippen molar-refractivity contribution in [3.8, 4) is 0 Å². The second kappa shape index (κ2) is 22.4. The van der Waals surface area contributed by atoms with Gasteiger partial charge in [0.15, 0.2) is 0 Å². The van der Waals surface area contributed by atoms with Crippen LogP contribution in [0.3, 0.4) is 0 Å². The Bertz CT molecular complexity index is 651. The zero-order valence-electron chi connectivity index (χ0n) is 22.1. The first-order valence-corrected chi connectivity index (χ1v) is 12.1. The molecule has 246 valence electrons. The van der Waals surface area contributed by atoms with Gasteiger partial charge < -0.3 is 53.6 Å². The van der Waals surface area contributed by atoms with Gasteiger partial charge >= 0.3 is 18.5 Å². The maximum atomic E-state index is 13.6. The van der Waals surface area contributed by atoms with Gasteiger partial charge in [-0.05, 0) is 0 Å². The van der Waals surface area contributed by atoms with E-state index >= 15 is 0 Å². The summed E-state index contributed by atoms with van der Waals surface area (Å²) in [5.74, 6) is 0. The Balaban J connectivity index is 4.06. The van der Waals surface area contributed by atoms with Gasteiger partial charge in [0.2, 0.25) is 0 Å². The molecule has 0 spiro atoms. The van der Waals surface area contributed by atoms with E-state index in [9.17, 15) is 41.7 Å². The molecule has 0 aromatic rings. The second-order valence-electron chi connectivity index (χ2n) is 8.03. The van der Waals surface area contributed by atoms with Crippen LogP contribution in [0.15, 0.2) is 12.7 Å². The van der Waals surface area contributed by atoms with Gasteiger partial charge in [-0.3, -0.25) is 0 Å². The molecule has 0 bridgehead atoms. The van der Waals surface area contributed by atoms with E-state index < -0.39 is 69.9 Å². The van der Waals surface area contributed by atoms with Gasteiger partial charge in [0.1, 0.15) is 38.3 Å². The number of hydrogen-bond acceptors (Lipinski definition) is 13. The van der Waals surface area contributed by atoms with Crippen molar-refractivity contribution in [3.05, 3.63) is 12.7 Å². The lowest BCUT2D eigenvalue weighted by Crippen LogP contribution is -2.44. The minimum Gasteiger partial charge on any atom is -0.394 e. The number of hydrogen-bond donors (Lipinski definition) is 4. The molecule has 3 unspecified atom stereocenters. The van der Waals surface area contributed by atoms with Crippen LogP contribution in [0, 0.1) is 0 Å². The third kappa shape index (κ3) is 25.0. The Labute approximate surface area is 232 Å². The highest BCUT2D eigenvalue weighted by Crippen LogP contribution is 2.33. The van der Waals surface area contributed by atoms with Gasteiger partial charge in [-0.15, -0.1) is 15.4 Å². The van der Waals surface area contributed by atoms with E-state index in [0.717, 1.165) is 0 Å². The van der Waals surface area contributed by atoms with E-state index in [1.165, 1.54) is 6.08 Å². The Hall–Kier alpha value is -1.20. The van der Waals surface area contributed by atoms with Crippen LogP contribution in [-0.4, -0.2) is 150 Å². The molecule has 0 aromatic carbocycles. The van der Waals surface area contributed by atoms with Gasteiger partial charge in [-0.2, -0.15) is 17.6 Å². The number of rotatable bonds is 29. The Morgan fingerprint density at radius 2 is 1.02 bits per heavy atom. The zero-order valence-corrected chi connectivity index (χ0v) is 22.1. The fraction of sp³-hybridized carbons (Fsp3) is 0.909. The van der Waals surface area contributed by atoms with Crippen molar-refractivity contribution in [2.24, 2.45) is 0 Å². The summed E-state index contributed by atoms with van der Waals surface area (Å²) >= 11 is 0. The summed E-state index contributed by atoms with van der Waals surface area (Å²) in [6.07, 6.45) is -17.1. The van der Waals surface area contributed by atoms with Crippen LogP contribution in [0.1, 0.15) is 0 Å². The maximum Gasteiger partial charge on any atom is 0.495 e. The predicted molar refractivity (Wildman–Crippen MR) is 123 cm³/mol. The van der Waals surface area contributed by atoms with E-state index in [2.05, 4.69) is 25.5 Å². The molecule has 0 saturated carbocycles. The molecule has 0 amide bonds. The van der Waals surface area contributed by atoms with E-state index in [1.54, 1.807) is 0 Å². The number of halogens is 6. The fourth-order valence-electron chi connectivity index (χ4n) is 2.41. The smallest absolute Gasteiger partial charge is 0.394 e. The van der Waals surface area contributed by atoms with E-state index in [0.29, 0.717) is 0 Å². The topological polar surface area (TPSA) is 164 Å². The van der Waals surface area contributed by atoms with Crippen molar-refractivity contribution in [2.45, 2.75) is 36.8 Å². The quantitative estimate of drug-likeness (QED) is 0.0384. The first-order chi connectivity index (χ1) is 19.2. The molecule has 41 heavy (non-hydrogen) atoms. The molecule has 3 atom stereocenters. The molecule has 0 aromatic heterocycles. The van der Waals surface area contributed by atoms with Crippen molar-refractivity contribution < 1.29 is 89.4 Å². The minimum absolute atomic E-state index is 0.0569. The summed E-state index contributed by atoms with van der Waals surface area (Å²) in [5.41, 5.74) is 0. The summed E-state index contributed by atoms with van der Waals surface area (Å²) in [6, 6.07) is 0. The highest BCUT2D eigenvalue weighted by atomic mass is 19.3. The van der Waals surface area contributed by atoms with Crippen LogP contribution in [0.25, 0.3) is 0 Å². The summed E-state index contributed by atoms with van der Waals surface area (Å²) in [6.45, 7) is -3.43. The molecule has 0 rings (SSSR count). The average Bonchev–Trinajstić information content (AvgIpc) is 2.84. The van der Waals surface area contributed by atoms with Crippen LogP contribution >= 0.6 is 0 Å². The van der Waals surface area contributed by atoms with Gasteiger partial charge in [0.25, 0.3) is 0 Å². The van der Waals surface area contributed by atoms with Crippen LogP contribution in [0.2, 0.25) is 0 Å². The minimum atomic E-state index is -5.46. The number of alkyl halides is 6. The maximum absolute atomic E-state index is 13.6. The summed E-state index contributed by atoms with van der Waals surface area (Å²) in [7, 11) is 0. The van der Waals surface area contributed by atoms with Crippen molar-refractivity contribution in [1.29, 1.82) is 0 Å². The molecular formula is C22H38F6O13. The molecular weight excluding hydrogens is 586 g/mol. The lowest BCUT2D eigenvalue weighted by atomic mass is 10.4. The first kappa shape index (κ1) is 39.8. The highest BCUT2D eigenvalue weighted by Gasteiger charge is 2.52. The first-order valence-electron chi connectivity index (χ1n) is 12.1. The van der Waals surface area contributed by atoms with Gasteiger partial charge in [-0.25, -0.2) is 9.47 Å². The second-order valence-corrected chi connectivity index (χ2v) is 8.03. The van der Waals surface area contributed by atoms with E-state index in [1.807, 2.05) is 0 Å². The molecule has 0 heterocycles. The van der Waals surface area contributed by atoms with Crippen molar-refractivity contribution >= 4 is 0 Å².